The second-order valence-corrected chi connectivity index (χ2v) is 6.04. The van der Waals surface area contributed by atoms with Crippen molar-refractivity contribution < 1.29 is 4.79 Å². The van der Waals surface area contributed by atoms with Crippen LogP contribution >= 0.6 is 11.3 Å². The lowest BCUT2D eigenvalue weighted by molar-refractivity contribution is 0.0955. The molecule has 0 bridgehead atoms. The number of aromatic nitrogens is 1. The molecule has 22 heavy (non-hydrogen) atoms. The van der Waals surface area contributed by atoms with Crippen LogP contribution in [-0.4, -0.2) is 17.1 Å². The van der Waals surface area contributed by atoms with Crippen molar-refractivity contribution in [2.45, 2.75) is 19.8 Å². The predicted molar refractivity (Wildman–Crippen MR) is 91.7 cm³/mol. The molecule has 0 fully saturated rings. The molecule has 1 amide bonds. The molecule has 0 radical (unpaired) electrons. The van der Waals surface area contributed by atoms with Gasteiger partial charge < -0.3 is 4.98 Å². The summed E-state index contributed by atoms with van der Waals surface area (Å²) in [5, 5.41) is 7.02. The van der Waals surface area contributed by atoms with E-state index < -0.39 is 0 Å². The Morgan fingerprint density at radius 1 is 1.41 bits per heavy atom. The second kappa shape index (κ2) is 6.58. The quantitative estimate of drug-likeness (QED) is 0.544. The highest BCUT2D eigenvalue weighted by Gasteiger charge is 2.07. The summed E-state index contributed by atoms with van der Waals surface area (Å²) < 4.78 is 0. The van der Waals surface area contributed by atoms with E-state index in [9.17, 15) is 4.79 Å². The first-order valence-electron chi connectivity index (χ1n) is 7.25. The third-order valence-electron chi connectivity index (χ3n) is 3.40. The van der Waals surface area contributed by atoms with Crippen molar-refractivity contribution in [3.8, 4) is 0 Å². The number of aryl methyl sites for hydroxylation is 1. The first-order chi connectivity index (χ1) is 10.8. The van der Waals surface area contributed by atoms with Crippen molar-refractivity contribution in [1.29, 1.82) is 0 Å². The number of nitrogens with one attached hydrogen (secondary N) is 2. The number of fused-ring (bicyclic) bond motifs is 1. The Hall–Kier alpha value is -2.40. The van der Waals surface area contributed by atoms with E-state index in [0.29, 0.717) is 5.56 Å². The third-order valence-corrected chi connectivity index (χ3v) is 4.40. The lowest BCUT2D eigenvalue weighted by atomic mass is 10.2. The fraction of sp³-hybridized carbons (Fsp3) is 0.176. The van der Waals surface area contributed by atoms with Crippen molar-refractivity contribution >= 4 is 34.4 Å². The highest BCUT2D eigenvalue weighted by atomic mass is 32.1. The first-order valence-corrected chi connectivity index (χ1v) is 8.13. The van der Waals surface area contributed by atoms with E-state index in [0.717, 1.165) is 29.3 Å². The molecule has 1 aromatic carbocycles. The fourth-order valence-corrected chi connectivity index (χ4v) is 3.27. The lowest BCUT2D eigenvalue weighted by Crippen LogP contribution is -2.16. The van der Waals surface area contributed by atoms with E-state index in [1.54, 1.807) is 17.6 Å². The number of rotatable bonds is 5. The maximum atomic E-state index is 12.0. The summed E-state index contributed by atoms with van der Waals surface area (Å²) in [6.07, 6.45) is 5.64. The molecule has 0 saturated heterocycles. The topological polar surface area (TPSA) is 57.2 Å². The van der Waals surface area contributed by atoms with Crippen molar-refractivity contribution in [2.24, 2.45) is 5.10 Å². The number of nitrogens with zero attached hydrogens (tertiary/aromatic N) is 1. The second-order valence-electron chi connectivity index (χ2n) is 5.04. The highest BCUT2D eigenvalue weighted by Crippen LogP contribution is 2.17. The van der Waals surface area contributed by atoms with E-state index in [4.69, 9.17) is 0 Å². The SMILES string of the molecule is CCCc1cc(C(=O)NN=Cc2c[nH]c3ccccc23)cs1. The van der Waals surface area contributed by atoms with Crippen LogP contribution in [0.3, 0.4) is 0 Å². The Balaban J connectivity index is 1.67. The van der Waals surface area contributed by atoms with Crippen molar-refractivity contribution in [3.63, 3.8) is 0 Å². The summed E-state index contributed by atoms with van der Waals surface area (Å²) in [7, 11) is 0. The fourth-order valence-electron chi connectivity index (χ4n) is 2.30. The molecule has 0 spiro atoms. The smallest absolute Gasteiger partial charge is 0.272 e. The van der Waals surface area contributed by atoms with Crippen LogP contribution in [0.2, 0.25) is 0 Å². The summed E-state index contributed by atoms with van der Waals surface area (Å²) >= 11 is 1.62. The van der Waals surface area contributed by atoms with E-state index in [1.807, 2.05) is 41.9 Å². The maximum absolute atomic E-state index is 12.0. The monoisotopic (exact) mass is 311 g/mol. The number of benzene rings is 1. The Bertz CT molecular complexity index is 816. The van der Waals surface area contributed by atoms with Crippen molar-refractivity contribution in [1.82, 2.24) is 10.4 Å². The van der Waals surface area contributed by atoms with Gasteiger partial charge in [-0.2, -0.15) is 5.10 Å². The van der Waals surface area contributed by atoms with Crippen LogP contribution in [0.4, 0.5) is 0 Å². The number of hydrogen-bond acceptors (Lipinski definition) is 3. The van der Waals surface area contributed by atoms with Gasteiger partial charge in [0.2, 0.25) is 0 Å². The molecule has 0 aliphatic carbocycles. The van der Waals surface area contributed by atoms with Crippen LogP contribution < -0.4 is 5.43 Å². The van der Waals surface area contributed by atoms with Gasteiger partial charge in [0, 0.05) is 32.9 Å². The molecule has 3 rings (SSSR count). The van der Waals surface area contributed by atoms with E-state index in [1.165, 1.54) is 4.88 Å². The van der Waals surface area contributed by atoms with Crippen LogP contribution in [-0.2, 0) is 6.42 Å². The highest BCUT2D eigenvalue weighted by molar-refractivity contribution is 7.10. The molecule has 2 N–H and O–H groups in total. The molecular weight excluding hydrogens is 294 g/mol. The normalized spacial score (nSPS) is 11.3. The van der Waals surface area contributed by atoms with Gasteiger partial charge in [-0.25, -0.2) is 5.43 Å². The number of thiophene rings is 1. The van der Waals surface area contributed by atoms with Crippen LogP contribution in [0.5, 0.6) is 0 Å². The molecular formula is C17H17N3OS. The van der Waals surface area contributed by atoms with Gasteiger partial charge in [0.15, 0.2) is 0 Å². The van der Waals surface area contributed by atoms with Crippen LogP contribution in [0.15, 0.2) is 47.0 Å². The van der Waals surface area contributed by atoms with Gasteiger partial charge >= 0.3 is 0 Å². The van der Waals surface area contributed by atoms with Gasteiger partial charge in [-0.3, -0.25) is 4.79 Å². The van der Waals surface area contributed by atoms with Gasteiger partial charge in [-0.15, -0.1) is 11.3 Å². The van der Waals surface area contributed by atoms with Gasteiger partial charge in [-0.05, 0) is 18.6 Å². The molecule has 2 aromatic heterocycles. The molecule has 0 saturated carbocycles. The van der Waals surface area contributed by atoms with Crippen LogP contribution in [0, 0.1) is 0 Å². The summed E-state index contributed by atoms with van der Waals surface area (Å²) in [6, 6.07) is 9.92. The number of carbonyl (C=O) groups is 1. The first kappa shape index (κ1) is 14.5. The zero-order valence-electron chi connectivity index (χ0n) is 12.3. The number of hydrazone groups is 1. The van der Waals surface area contributed by atoms with Crippen molar-refractivity contribution in [2.75, 3.05) is 0 Å². The van der Waals surface area contributed by atoms with Gasteiger partial charge in [0.05, 0.1) is 11.8 Å². The number of para-hydroxylation sites is 1. The van der Waals surface area contributed by atoms with Crippen LogP contribution in [0.1, 0.15) is 34.1 Å². The number of amides is 1. The van der Waals surface area contributed by atoms with E-state index >= 15 is 0 Å². The Kier molecular flexibility index (Phi) is 4.34. The van der Waals surface area contributed by atoms with Gasteiger partial charge in [0.25, 0.3) is 5.91 Å². The Labute approximate surface area is 132 Å². The average molecular weight is 311 g/mol. The lowest BCUT2D eigenvalue weighted by Gasteiger charge is -1.96. The molecule has 112 valence electrons. The zero-order valence-corrected chi connectivity index (χ0v) is 13.1. The number of aromatic amines is 1. The minimum absolute atomic E-state index is 0.172. The van der Waals surface area contributed by atoms with Crippen LogP contribution in [0.25, 0.3) is 10.9 Å². The Morgan fingerprint density at radius 2 is 2.27 bits per heavy atom. The molecule has 4 nitrogen and oxygen atoms in total. The molecule has 3 aromatic rings. The molecule has 5 heteroatoms. The number of carbonyl (C=O) groups excluding carboxylic acids is 1. The van der Waals surface area contributed by atoms with Gasteiger partial charge in [-0.1, -0.05) is 31.5 Å². The molecule has 0 aliphatic rings. The minimum atomic E-state index is -0.172. The number of H-pyrrole nitrogens is 1. The Morgan fingerprint density at radius 3 is 3.14 bits per heavy atom. The average Bonchev–Trinajstić information content (AvgIpc) is 3.15. The maximum Gasteiger partial charge on any atom is 0.272 e. The number of hydrogen-bond donors (Lipinski definition) is 2. The zero-order chi connectivity index (χ0) is 15.4. The predicted octanol–water partition coefficient (Wildman–Crippen LogP) is 3.95. The van der Waals surface area contributed by atoms with Crippen molar-refractivity contribution in [3.05, 3.63) is 57.9 Å². The largest absolute Gasteiger partial charge is 0.361 e. The van der Waals surface area contributed by atoms with E-state index in [2.05, 4.69) is 22.4 Å². The molecule has 0 aliphatic heterocycles. The molecule has 0 unspecified atom stereocenters. The molecule has 2 heterocycles. The summed E-state index contributed by atoms with van der Waals surface area (Å²) in [5.41, 5.74) is 5.26. The summed E-state index contributed by atoms with van der Waals surface area (Å²) in [5.74, 6) is -0.172. The third kappa shape index (κ3) is 3.09. The van der Waals surface area contributed by atoms with Gasteiger partial charge in [0.1, 0.15) is 0 Å². The van der Waals surface area contributed by atoms with E-state index in [-0.39, 0.29) is 5.91 Å². The standard InChI is InChI=1S/C17H17N3OS/c1-2-5-14-8-12(11-22-14)17(21)20-19-10-13-9-18-16-7-4-3-6-15(13)16/h3-4,6-11,18H,2,5H2,1H3,(H,20,21). The summed E-state index contributed by atoms with van der Waals surface area (Å²) in [6.45, 7) is 2.13. The minimum Gasteiger partial charge on any atom is -0.361 e. The summed E-state index contributed by atoms with van der Waals surface area (Å²) in [4.78, 5) is 16.4. The molecule has 0 atom stereocenters.